The summed E-state index contributed by atoms with van der Waals surface area (Å²) in [6.45, 7) is 6.56. The van der Waals surface area contributed by atoms with E-state index in [2.05, 4.69) is 15.5 Å². The number of hydrogen-bond acceptors (Lipinski definition) is 4. The molecule has 7 heteroatoms. The van der Waals surface area contributed by atoms with Gasteiger partial charge >= 0.3 is 0 Å². The molecule has 1 fully saturated rings. The molecule has 2 aromatic rings. The number of nitrogens with two attached hydrogens (primary N) is 1. The maximum Gasteiger partial charge on any atom is 0.247 e. The fourth-order valence-electron chi connectivity index (χ4n) is 4.24. The summed E-state index contributed by atoms with van der Waals surface area (Å²) in [5.74, 6) is -0.612. The molecule has 1 heterocycles. The molecule has 2 aromatic carbocycles. The smallest absolute Gasteiger partial charge is 0.247 e. The van der Waals surface area contributed by atoms with Gasteiger partial charge in [0.2, 0.25) is 17.7 Å². The maximum atomic E-state index is 12.9. The van der Waals surface area contributed by atoms with Crippen LogP contribution >= 0.6 is 0 Å². The van der Waals surface area contributed by atoms with Gasteiger partial charge in [-0.15, -0.1) is 0 Å². The van der Waals surface area contributed by atoms with Crippen molar-refractivity contribution in [3.05, 3.63) is 65.7 Å². The lowest BCUT2D eigenvalue weighted by Gasteiger charge is -2.30. The molecule has 1 saturated heterocycles. The summed E-state index contributed by atoms with van der Waals surface area (Å²) in [4.78, 5) is 39.0. The van der Waals surface area contributed by atoms with Gasteiger partial charge in [-0.1, -0.05) is 56.3 Å². The highest BCUT2D eigenvalue weighted by molar-refractivity contribution is 5.97. The van der Waals surface area contributed by atoms with E-state index < -0.39 is 6.04 Å². The first-order valence-corrected chi connectivity index (χ1v) is 12.1. The third-order valence-electron chi connectivity index (χ3n) is 6.40. The van der Waals surface area contributed by atoms with E-state index in [9.17, 15) is 14.4 Å². The molecule has 1 unspecified atom stereocenters. The highest BCUT2D eigenvalue weighted by Crippen LogP contribution is 2.18. The number of benzene rings is 2. The van der Waals surface area contributed by atoms with Gasteiger partial charge in [-0.25, -0.2) is 0 Å². The number of amides is 3. The average Bonchev–Trinajstić information content (AvgIpc) is 2.82. The van der Waals surface area contributed by atoms with Gasteiger partial charge in [0.05, 0.1) is 6.42 Å². The molecule has 0 spiro atoms. The van der Waals surface area contributed by atoms with Gasteiger partial charge in [0.15, 0.2) is 0 Å². The van der Waals surface area contributed by atoms with E-state index in [0.29, 0.717) is 5.69 Å². The molecule has 0 saturated carbocycles. The predicted molar refractivity (Wildman–Crippen MR) is 134 cm³/mol. The summed E-state index contributed by atoms with van der Waals surface area (Å²) in [6, 6.07) is 16.7. The van der Waals surface area contributed by atoms with Gasteiger partial charge in [-0.05, 0) is 61.5 Å². The lowest BCUT2D eigenvalue weighted by Crippen LogP contribution is -2.47. The van der Waals surface area contributed by atoms with Crippen LogP contribution in [-0.4, -0.2) is 48.3 Å². The van der Waals surface area contributed by atoms with E-state index in [1.54, 1.807) is 0 Å². The number of carbonyl (C=O) groups is 3. The second-order valence-corrected chi connectivity index (χ2v) is 9.41. The third-order valence-corrected chi connectivity index (χ3v) is 6.40. The topological polar surface area (TPSA) is 105 Å². The fourth-order valence-corrected chi connectivity index (χ4v) is 4.24. The van der Waals surface area contributed by atoms with Crippen molar-refractivity contribution in [3.63, 3.8) is 0 Å². The zero-order chi connectivity index (χ0) is 24.5. The Kier molecular flexibility index (Phi) is 9.22. The second kappa shape index (κ2) is 12.3. The van der Waals surface area contributed by atoms with Crippen LogP contribution < -0.4 is 16.4 Å². The average molecular weight is 465 g/mol. The number of anilines is 1. The van der Waals surface area contributed by atoms with Crippen LogP contribution in [0.1, 0.15) is 37.8 Å². The van der Waals surface area contributed by atoms with Crippen molar-refractivity contribution >= 4 is 23.4 Å². The minimum Gasteiger partial charge on any atom is -0.369 e. The van der Waals surface area contributed by atoms with Crippen molar-refractivity contribution in [2.75, 3.05) is 25.0 Å². The molecule has 0 bridgehead atoms. The van der Waals surface area contributed by atoms with Crippen LogP contribution in [0.3, 0.4) is 0 Å². The minimum absolute atomic E-state index is 0.0110. The molecule has 182 valence electrons. The van der Waals surface area contributed by atoms with Crippen LogP contribution in [0, 0.1) is 11.8 Å². The van der Waals surface area contributed by atoms with Crippen molar-refractivity contribution in [3.8, 4) is 0 Å². The van der Waals surface area contributed by atoms with Gasteiger partial charge in [0, 0.05) is 18.2 Å². The molecular weight excluding hydrogens is 428 g/mol. The first-order valence-electron chi connectivity index (χ1n) is 12.1. The third kappa shape index (κ3) is 7.70. The van der Waals surface area contributed by atoms with Gasteiger partial charge < -0.3 is 21.3 Å². The van der Waals surface area contributed by atoms with Crippen LogP contribution in [0.15, 0.2) is 54.6 Å². The molecule has 1 atom stereocenters. The summed E-state index contributed by atoms with van der Waals surface area (Å²) in [5.41, 5.74) is 8.21. The summed E-state index contributed by atoms with van der Waals surface area (Å²) in [5, 5.41) is 5.81. The first kappa shape index (κ1) is 25.4. The van der Waals surface area contributed by atoms with E-state index in [0.717, 1.165) is 44.5 Å². The Morgan fingerprint density at radius 1 is 0.971 bits per heavy atom. The number of primary amides is 1. The number of likely N-dealkylation sites (tertiary alicyclic amines) is 1. The monoisotopic (exact) mass is 464 g/mol. The number of piperidine rings is 1. The Bertz CT molecular complexity index is 952. The van der Waals surface area contributed by atoms with Gasteiger partial charge in [-0.2, -0.15) is 0 Å². The predicted octanol–water partition coefficient (Wildman–Crippen LogP) is 2.75. The summed E-state index contributed by atoms with van der Waals surface area (Å²) in [6.07, 6.45) is 2.81. The number of nitrogens with zero attached hydrogens (tertiary/aromatic N) is 1. The molecule has 4 N–H and O–H groups in total. The number of carbonyl (C=O) groups excluding carboxylic acids is 3. The number of rotatable bonds is 10. The van der Waals surface area contributed by atoms with Crippen LogP contribution in [0.5, 0.6) is 0 Å². The standard InChI is InChI=1S/C27H36N4O3/c1-19(2)25(30-24(32)18-21-6-4-3-5-7-21)27(34)29-23-10-8-20(9-11-23)12-15-31-16-13-22(14-17-31)26(28)33/h3-11,19,22,25H,12-18H2,1-2H3,(H2,28,33)(H,29,34)(H,30,32). The molecule has 3 rings (SSSR count). The van der Waals surface area contributed by atoms with E-state index in [-0.39, 0.29) is 36.0 Å². The Morgan fingerprint density at radius 3 is 2.21 bits per heavy atom. The summed E-state index contributed by atoms with van der Waals surface area (Å²) in [7, 11) is 0. The lowest BCUT2D eigenvalue weighted by atomic mass is 9.96. The second-order valence-electron chi connectivity index (χ2n) is 9.41. The Morgan fingerprint density at radius 2 is 1.62 bits per heavy atom. The largest absolute Gasteiger partial charge is 0.369 e. The highest BCUT2D eigenvalue weighted by Gasteiger charge is 2.25. The van der Waals surface area contributed by atoms with Gasteiger partial charge in [0.25, 0.3) is 0 Å². The molecular formula is C27H36N4O3. The van der Waals surface area contributed by atoms with Crippen LogP contribution in [0.25, 0.3) is 0 Å². The fraction of sp³-hybridized carbons (Fsp3) is 0.444. The quantitative estimate of drug-likeness (QED) is 0.503. The highest BCUT2D eigenvalue weighted by atomic mass is 16.2. The van der Waals surface area contributed by atoms with Gasteiger partial charge in [-0.3, -0.25) is 14.4 Å². The van der Waals surface area contributed by atoms with Crippen molar-refractivity contribution in [1.29, 1.82) is 0 Å². The first-order chi connectivity index (χ1) is 16.3. The number of nitrogens with one attached hydrogen (secondary N) is 2. The van der Waals surface area contributed by atoms with Crippen LogP contribution in [-0.2, 0) is 27.2 Å². The van der Waals surface area contributed by atoms with Crippen molar-refractivity contribution in [1.82, 2.24) is 10.2 Å². The Hall–Kier alpha value is -3.19. The SMILES string of the molecule is CC(C)C(NC(=O)Cc1ccccc1)C(=O)Nc1ccc(CCN2CCC(C(N)=O)CC2)cc1. The van der Waals surface area contributed by atoms with Crippen molar-refractivity contribution in [2.24, 2.45) is 17.6 Å². The normalized spacial score (nSPS) is 15.6. The molecule has 1 aliphatic heterocycles. The summed E-state index contributed by atoms with van der Waals surface area (Å²) >= 11 is 0. The van der Waals surface area contributed by atoms with Gasteiger partial charge in [0.1, 0.15) is 6.04 Å². The molecule has 3 amide bonds. The van der Waals surface area contributed by atoms with Crippen molar-refractivity contribution < 1.29 is 14.4 Å². The zero-order valence-corrected chi connectivity index (χ0v) is 20.1. The van der Waals surface area contributed by atoms with Crippen LogP contribution in [0.4, 0.5) is 5.69 Å². The summed E-state index contributed by atoms with van der Waals surface area (Å²) < 4.78 is 0. The zero-order valence-electron chi connectivity index (χ0n) is 20.1. The Labute approximate surface area is 202 Å². The lowest BCUT2D eigenvalue weighted by molar-refractivity contribution is -0.127. The number of hydrogen-bond donors (Lipinski definition) is 3. The minimum atomic E-state index is -0.612. The van der Waals surface area contributed by atoms with E-state index in [1.807, 2.05) is 68.4 Å². The van der Waals surface area contributed by atoms with Crippen molar-refractivity contribution in [2.45, 2.75) is 45.6 Å². The molecule has 1 aliphatic rings. The molecule has 0 aromatic heterocycles. The van der Waals surface area contributed by atoms with E-state index >= 15 is 0 Å². The molecule has 0 radical (unpaired) electrons. The molecule has 7 nitrogen and oxygen atoms in total. The maximum absolute atomic E-state index is 12.9. The van der Waals surface area contributed by atoms with E-state index in [4.69, 9.17) is 5.73 Å². The Balaban J connectivity index is 1.47. The van der Waals surface area contributed by atoms with E-state index in [1.165, 1.54) is 5.56 Å². The molecule has 34 heavy (non-hydrogen) atoms. The van der Waals surface area contributed by atoms with Crippen LogP contribution in [0.2, 0.25) is 0 Å². The molecule has 0 aliphatic carbocycles.